The SMILES string of the molecule is Cc1ccc(C=CC(=O)N(CC(=O)O)CC(=O)O)c(Br)c1. The maximum absolute atomic E-state index is 11.9. The second-order valence-corrected chi connectivity index (χ2v) is 5.19. The van der Waals surface area contributed by atoms with Crippen molar-refractivity contribution in [3.8, 4) is 0 Å². The van der Waals surface area contributed by atoms with Gasteiger partial charge in [-0.25, -0.2) is 0 Å². The Balaban J connectivity index is 2.86. The van der Waals surface area contributed by atoms with Crippen LogP contribution in [-0.2, 0) is 14.4 Å². The smallest absolute Gasteiger partial charge is 0.323 e. The summed E-state index contributed by atoms with van der Waals surface area (Å²) in [5, 5.41) is 17.4. The first-order chi connectivity index (χ1) is 9.79. The normalized spacial score (nSPS) is 10.6. The van der Waals surface area contributed by atoms with Crippen LogP contribution in [-0.4, -0.2) is 46.0 Å². The number of carboxylic acid groups (broad SMARTS) is 2. The van der Waals surface area contributed by atoms with Gasteiger partial charge in [-0.1, -0.05) is 28.1 Å². The molecule has 0 aromatic heterocycles. The Labute approximate surface area is 129 Å². The molecule has 6 nitrogen and oxygen atoms in total. The molecule has 2 N–H and O–H groups in total. The van der Waals surface area contributed by atoms with Crippen molar-refractivity contribution in [1.82, 2.24) is 4.90 Å². The van der Waals surface area contributed by atoms with E-state index < -0.39 is 30.9 Å². The number of rotatable bonds is 6. The Morgan fingerprint density at radius 1 is 1.19 bits per heavy atom. The number of hydrogen-bond acceptors (Lipinski definition) is 3. The summed E-state index contributed by atoms with van der Waals surface area (Å²) in [6.45, 7) is 0.597. The van der Waals surface area contributed by atoms with E-state index in [4.69, 9.17) is 10.2 Å². The quantitative estimate of drug-likeness (QED) is 0.758. The molecule has 112 valence electrons. The van der Waals surface area contributed by atoms with Crippen LogP contribution in [0.3, 0.4) is 0 Å². The highest BCUT2D eigenvalue weighted by Crippen LogP contribution is 2.19. The fraction of sp³-hybridized carbons (Fsp3) is 0.214. The zero-order valence-corrected chi connectivity index (χ0v) is 12.8. The van der Waals surface area contributed by atoms with E-state index in [1.807, 2.05) is 19.1 Å². The number of aryl methyl sites for hydroxylation is 1. The molecule has 0 saturated carbocycles. The van der Waals surface area contributed by atoms with Crippen LogP contribution in [0.1, 0.15) is 11.1 Å². The number of nitrogens with zero attached hydrogens (tertiary/aromatic N) is 1. The van der Waals surface area contributed by atoms with Gasteiger partial charge in [0.1, 0.15) is 13.1 Å². The molecule has 0 saturated heterocycles. The summed E-state index contributed by atoms with van der Waals surface area (Å²) < 4.78 is 0.787. The molecule has 1 rings (SSSR count). The van der Waals surface area contributed by atoms with Crippen molar-refractivity contribution < 1.29 is 24.6 Å². The Hall–Kier alpha value is -2.15. The number of hydrogen-bond donors (Lipinski definition) is 2. The van der Waals surface area contributed by atoms with Crippen LogP contribution in [0.5, 0.6) is 0 Å². The lowest BCUT2D eigenvalue weighted by Crippen LogP contribution is -2.38. The van der Waals surface area contributed by atoms with E-state index in [-0.39, 0.29) is 0 Å². The van der Waals surface area contributed by atoms with Crippen molar-refractivity contribution in [3.63, 3.8) is 0 Å². The summed E-state index contributed by atoms with van der Waals surface area (Å²) >= 11 is 3.35. The fourth-order valence-electron chi connectivity index (χ4n) is 1.57. The van der Waals surface area contributed by atoms with Gasteiger partial charge in [0, 0.05) is 10.5 Å². The lowest BCUT2D eigenvalue weighted by atomic mass is 10.1. The van der Waals surface area contributed by atoms with E-state index in [1.165, 1.54) is 6.08 Å². The average molecular weight is 356 g/mol. The summed E-state index contributed by atoms with van der Waals surface area (Å²) in [5.41, 5.74) is 1.78. The van der Waals surface area contributed by atoms with Gasteiger partial charge in [0.15, 0.2) is 0 Å². The molecule has 0 spiro atoms. The van der Waals surface area contributed by atoms with Gasteiger partial charge >= 0.3 is 11.9 Å². The zero-order chi connectivity index (χ0) is 16.0. The topological polar surface area (TPSA) is 94.9 Å². The maximum atomic E-state index is 11.9. The number of carboxylic acids is 2. The molecule has 1 aromatic carbocycles. The van der Waals surface area contributed by atoms with E-state index in [0.29, 0.717) is 0 Å². The molecule has 0 bridgehead atoms. The molecule has 21 heavy (non-hydrogen) atoms. The number of halogens is 1. The third kappa shape index (κ3) is 5.78. The highest BCUT2D eigenvalue weighted by molar-refractivity contribution is 9.10. The number of aliphatic carboxylic acids is 2. The molecule has 1 amide bonds. The van der Waals surface area contributed by atoms with Gasteiger partial charge < -0.3 is 15.1 Å². The van der Waals surface area contributed by atoms with Crippen LogP contribution in [0, 0.1) is 6.92 Å². The van der Waals surface area contributed by atoms with Crippen LogP contribution in [0.2, 0.25) is 0 Å². The second kappa shape index (κ2) is 7.58. The van der Waals surface area contributed by atoms with Crippen LogP contribution < -0.4 is 0 Å². The van der Waals surface area contributed by atoms with Gasteiger partial charge in [0.2, 0.25) is 5.91 Å². The third-order valence-electron chi connectivity index (χ3n) is 2.53. The number of carbonyl (C=O) groups excluding carboxylic acids is 1. The molecule has 0 aliphatic carbocycles. The van der Waals surface area contributed by atoms with Crippen molar-refractivity contribution in [2.75, 3.05) is 13.1 Å². The molecule has 0 fully saturated rings. The highest BCUT2D eigenvalue weighted by atomic mass is 79.9. The number of amides is 1. The first-order valence-electron chi connectivity index (χ1n) is 5.96. The fourth-order valence-corrected chi connectivity index (χ4v) is 2.20. The van der Waals surface area contributed by atoms with Gasteiger partial charge in [-0.3, -0.25) is 14.4 Å². The van der Waals surface area contributed by atoms with E-state index in [9.17, 15) is 14.4 Å². The van der Waals surface area contributed by atoms with Gasteiger partial charge in [-0.05, 0) is 30.2 Å². The van der Waals surface area contributed by atoms with Crippen molar-refractivity contribution in [3.05, 3.63) is 39.9 Å². The van der Waals surface area contributed by atoms with Gasteiger partial charge in [-0.15, -0.1) is 0 Å². The summed E-state index contributed by atoms with van der Waals surface area (Å²) in [6.07, 6.45) is 2.66. The Bertz CT molecular complexity index is 581. The van der Waals surface area contributed by atoms with Crippen LogP contribution in [0.25, 0.3) is 6.08 Å². The second-order valence-electron chi connectivity index (χ2n) is 4.34. The van der Waals surface area contributed by atoms with E-state index in [0.717, 1.165) is 26.6 Å². The number of benzene rings is 1. The van der Waals surface area contributed by atoms with E-state index in [1.54, 1.807) is 6.07 Å². The third-order valence-corrected chi connectivity index (χ3v) is 3.21. The zero-order valence-electron chi connectivity index (χ0n) is 11.2. The van der Waals surface area contributed by atoms with Crippen LogP contribution >= 0.6 is 15.9 Å². The predicted octanol–water partition coefficient (Wildman–Crippen LogP) is 1.77. The van der Waals surface area contributed by atoms with E-state index >= 15 is 0 Å². The molecule has 0 aliphatic heterocycles. The van der Waals surface area contributed by atoms with Gasteiger partial charge in [-0.2, -0.15) is 0 Å². The van der Waals surface area contributed by atoms with Gasteiger partial charge in [0.25, 0.3) is 0 Å². The molecule has 0 radical (unpaired) electrons. The first kappa shape index (κ1) is 16.9. The van der Waals surface area contributed by atoms with Crippen LogP contribution in [0.15, 0.2) is 28.7 Å². The average Bonchev–Trinajstić information content (AvgIpc) is 2.35. The minimum absolute atomic E-state index is 0.662. The molecule has 0 atom stereocenters. The van der Waals surface area contributed by atoms with Crippen LogP contribution in [0.4, 0.5) is 0 Å². The molecule has 7 heteroatoms. The molecule has 1 aromatic rings. The summed E-state index contributed by atoms with van der Waals surface area (Å²) in [6, 6.07) is 5.53. The Morgan fingerprint density at radius 2 is 1.76 bits per heavy atom. The van der Waals surface area contributed by atoms with Crippen molar-refractivity contribution in [1.29, 1.82) is 0 Å². The minimum Gasteiger partial charge on any atom is -0.480 e. The Morgan fingerprint density at radius 3 is 2.24 bits per heavy atom. The van der Waals surface area contributed by atoms with E-state index in [2.05, 4.69) is 15.9 Å². The lowest BCUT2D eigenvalue weighted by molar-refractivity contribution is -0.147. The monoisotopic (exact) mass is 355 g/mol. The highest BCUT2D eigenvalue weighted by Gasteiger charge is 2.17. The largest absolute Gasteiger partial charge is 0.480 e. The van der Waals surface area contributed by atoms with Crippen molar-refractivity contribution >= 4 is 39.9 Å². The molecule has 0 aliphatic rings. The molecular formula is C14H14BrNO5. The summed E-state index contributed by atoms with van der Waals surface area (Å²) in [4.78, 5) is 33.9. The molecule has 0 heterocycles. The number of carbonyl (C=O) groups is 3. The maximum Gasteiger partial charge on any atom is 0.323 e. The standard InChI is InChI=1S/C14H14BrNO5/c1-9-2-3-10(11(15)6-9)4-5-12(17)16(7-13(18)19)8-14(20)21/h2-6H,7-8H2,1H3,(H,18,19)(H,20,21). The summed E-state index contributed by atoms with van der Waals surface area (Å²) in [5.74, 6) is -3.21. The Kier molecular flexibility index (Phi) is 6.10. The molecule has 0 unspecified atom stereocenters. The minimum atomic E-state index is -1.27. The predicted molar refractivity (Wildman–Crippen MR) is 79.8 cm³/mol. The van der Waals surface area contributed by atoms with Crippen molar-refractivity contribution in [2.45, 2.75) is 6.92 Å². The summed E-state index contributed by atoms with van der Waals surface area (Å²) in [7, 11) is 0. The molecular weight excluding hydrogens is 342 g/mol. The first-order valence-corrected chi connectivity index (χ1v) is 6.75. The van der Waals surface area contributed by atoms with Gasteiger partial charge in [0.05, 0.1) is 0 Å². The van der Waals surface area contributed by atoms with Crippen molar-refractivity contribution in [2.24, 2.45) is 0 Å². The lowest BCUT2D eigenvalue weighted by Gasteiger charge is -2.16.